The number of fused-ring (bicyclic) bond motifs is 1. The molecule has 3 heterocycles. The minimum absolute atomic E-state index is 0.246. The fourth-order valence-electron chi connectivity index (χ4n) is 3.99. The lowest BCUT2D eigenvalue weighted by molar-refractivity contribution is 0.102. The molecule has 10 heteroatoms. The van der Waals surface area contributed by atoms with Crippen LogP contribution in [0.1, 0.15) is 25.1 Å². The summed E-state index contributed by atoms with van der Waals surface area (Å²) in [5.74, 6) is 1.50. The number of amides is 3. The number of morpholine rings is 1. The summed E-state index contributed by atoms with van der Waals surface area (Å²) < 4.78 is 10.7. The van der Waals surface area contributed by atoms with Crippen LogP contribution in [0.15, 0.2) is 24.3 Å². The van der Waals surface area contributed by atoms with E-state index < -0.39 is 0 Å². The van der Waals surface area contributed by atoms with Gasteiger partial charge in [0, 0.05) is 43.0 Å². The third-order valence-electron chi connectivity index (χ3n) is 5.62. The third kappa shape index (κ3) is 5.33. The smallest absolute Gasteiger partial charge is 0.410 e. The lowest BCUT2D eigenvalue weighted by Crippen LogP contribution is -2.41. The molecule has 0 atom stereocenters. The number of carbonyl (C=O) groups is 2. The second kappa shape index (κ2) is 10.5. The molecule has 2 aromatic rings. The van der Waals surface area contributed by atoms with E-state index in [9.17, 15) is 9.59 Å². The van der Waals surface area contributed by atoms with Crippen molar-refractivity contribution < 1.29 is 19.1 Å². The van der Waals surface area contributed by atoms with Gasteiger partial charge in [0.15, 0.2) is 5.82 Å². The number of hydrogen-bond acceptors (Lipinski definition) is 7. The van der Waals surface area contributed by atoms with Crippen molar-refractivity contribution in [1.82, 2.24) is 20.2 Å². The molecule has 0 saturated carbocycles. The molecule has 2 N–H and O–H groups in total. The highest BCUT2D eigenvalue weighted by molar-refractivity contribution is 5.89. The maximum Gasteiger partial charge on any atom is 0.410 e. The zero-order valence-corrected chi connectivity index (χ0v) is 19.1. The van der Waals surface area contributed by atoms with Crippen molar-refractivity contribution in [2.75, 3.05) is 56.2 Å². The summed E-state index contributed by atoms with van der Waals surface area (Å²) in [6, 6.07) is 7.18. The molecule has 0 bridgehead atoms. The summed E-state index contributed by atoms with van der Waals surface area (Å²) in [6.07, 6.45) is 0.355. The number of ether oxygens (including phenoxy) is 2. The van der Waals surface area contributed by atoms with Gasteiger partial charge < -0.3 is 29.9 Å². The van der Waals surface area contributed by atoms with Crippen molar-refractivity contribution in [1.29, 1.82) is 0 Å². The summed E-state index contributed by atoms with van der Waals surface area (Å²) in [5, 5.41) is 5.50. The van der Waals surface area contributed by atoms with Crippen molar-refractivity contribution in [3.05, 3.63) is 35.5 Å². The standard InChI is InChI=1S/C23H30N6O4/c1-3-24-22(30)25-17-7-5-16(6-8-17)20-26-19-15-29(23(31)33-4-2)10-9-18(19)21(27-20)28-11-13-32-14-12-28/h5-8H,3-4,9-15H2,1-2H3,(H2,24,25,30). The van der Waals surface area contributed by atoms with Crippen LogP contribution in [0, 0.1) is 0 Å². The Hall–Kier alpha value is -3.40. The molecule has 2 aliphatic heterocycles. The number of urea groups is 1. The Morgan fingerprint density at radius 3 is 2.55 bits per heavy atom. The molecule has 1 saturated heterocycles. The Kier molecular flexibility index (Phi) is 7.23. The predicted molar refractivity (Wildman–Crippen MR) is 124 cm³/mol. The first-order valence-corrected chi connectivity index (χ1v) is 11.4. The third-order valence-corrected chi connectivity index (χ3v) is 5.62. The van der Waals surface area contributed by atoms with E-state index in [4.69, 9.17) is 19.4 Å². The minimum atomic E-state index is -0.322. The van der Waals surface area contributed by atoms with Gasteiger partial charge in [0.05, 0.1) is 32.1 Å². The molecule has 4 rings (SSSR count). The Bertz CT molecular complexity index is 991. The number of carbonyl (C=O) groups excluding carboxylic acids is 2. The van der Waals surface area contributed by atoms with Crippen molar-refractivity contribution >= 4 is 23.6 Å². The van der Waals surface area contributed by atoms with Gasteiger partial charge in [-0.05, 0) is 44.5 Å². The van der Waals surface area contributed by atoms with Crippen LogP contribution < -0.4 is 15.5 Å². The van der Waals surface area contributed by atoms with Crippen molar-refractivity contribution in [3.63, 3.8) is 0 Å². The quantitative estimate of drug-likeness (QED) is 0.715. The lowest BCUT2D eigenvalue weighted by Gasteiger charge is -2.34. The normalized spacial score (nSPS) is 15.6. The van der Waals surface area contributed by atoms with E-state index in [0.29, 0.717) is 57.4 Å². The second-order valence-corrected chi connectivity index (χ2v) is 7.83. The topological polar surface area (TPSA) is 109 Å². The monoisotopic (exact) mass is 454 g/mol. The summed E-state index contributed by atoms with van der Waals surface area (Å²) in [5.41, 5.74) is 3.44. The van der Waals surface area contributed by atoms with Gasteiger partial charge in [-0.3, -0.25) is 0 Å². The number of rotatable bonds is 5. The Labute approximate surface area is 193 Å². The molecule has 0 spiro atoms. The fourth-order valence-corrected chi connectivity index (χ4v) is 3.99. The molecule has 0 aliphatic carbocycles. The maximum atomic E-state index is 12.3. The first-order valence-electron chi connectivity index (χ1n) is 11.4. The number of nitrogens with one attached hydrogen (secondary N) is 2. The Balaban J connectivity index is 1.64. The Morgan fingerprint density at radius 2 is 1.85 bits per heavy atom. The number of aromatic nitrogens is 2. The lowest BCUT2D eigenvalue weighted by atomic mass is 10.0. The SMILES string of the molecule is CCNC(=O)Nc1ccc(-c2nc3c(c(N4CCOCC4)n2)CCN(C(=O)OCC)C3)cc1. The van der Waals surface area contributed by atoms with Crippen molar-refractivity contribution in [2.45, 2.75) is 26.8 Å². The van der Waals surface area contributed by atoms with Gasteiger partial charge >= 0.3 is 12.1 Å². The van der Waals surface area contributed by atoms with E-state index in [1.54, 1.807) is 11.8 Å². The van der Waals surface area contributed by atoms with Gasteiger partial charge in [0.1, 0.15) is 5.82 Å². The first kappa shape index (κ1) is 22.8. The highest BCUT2D eigenvalue weighted by Gasteiger charge is 2.28. The van der Waals surface area contributed by atoms with Gasteiger partial charge in [-0.2, -0.15) is 0 Å². The van der Waals surface area contributed by atoms with Crippen LogP contribution >= 0.6 is 0 Å². The van der Waals surface area contributed by atoms with E-state index in [1.165, 1.54) is 0 Å². The zero-order chi connectivity index (χ0) is 23.2. The molecule has 1 aromatic carbocycles. The largest absolute Gasteiger partial charge is 0.450 e. The van der Waals surface area contributed by atoms with E-state index in [2.05, 4.69) is 15.5 Å². The average Bonchev–Trinajstić information content (AvgIpc) is 2.84. The van der Waals surface area contributed by atoms with E-state index in [1.807, 2.05) is 31.2 Å². The second-order valence-electron chi connectivity index (χ2n) is 7.83. The van der Waals surface area contributed by atoms with Crippen LogP contribution in [-0.4, -0.2) is 73.0 Å². The van der Waals surface area contributed by atoms with Crippen molar-refractivity contribution in [3.8, 4) is 11.4 Å². The Morgan fingerprint density at radius 1 is 1.09 bits per heavy atom. The van der Waals surface area contributed by atoms with Crippen LogP contribution in [0.25, 0.3) is 11.4 Å². The predicted octanol–water partition coefficient (Wildman–Crippen LogP) is 2.64. The number of nitrogens with zero attached hydrogens (tertiary/aromatic N) is 4. The van der Waals surface area contributed by atoms with Gasteiger partial charge in [-0.25, -0.2) is 19.6 Å². The fraction of sp³-hybridized carbons (Fsp3) is 0.478. The van der Waals surface area contributed by atoms with Crippen LogP contribution in [0.3, 0.4) is 0 Å². The molecule has 0 radical (unpaired) electrons. The van der Waals surface area contributed by atoms with Gasteiger partial charge in [-0.15, -0.1) is 0 Å². The average molecular weight is 455 g/mol. The van der Waals surface area contributed by atoms with Crippen LogP contribution in [-0.2, 0) is 22.4 Å². The van der Waals surface area contributed by atoms with Gasteiger partial charge in [0.2, 0.25) is 0 Å². The number of benzene rings is 1. The molecule has 10 nitrogen and oxygen atoms in total. The molecule has 3 amide bonds. The molecule has 1 aromatic heterocycles. The summed E-state index contributed by atoms with van der Waals surface area (Å²) >= 11 is 0. The van der Waals surface area contributed by atoms with E-state index in [-0.39, 0.29) is 12.1 Å². The molecule has 0 unspecified atom stereocenters. The summed E-state index contributed by atoms with van der Waals surface area (Å²) in [4.78, 5) is 37.8. The molecular formula is C23H30N6O4. The van der Waals surface area contributed by atoms with E-state index in [0.717, 1.165) is 35.7 Å². The van der Waals surface area contributed by atoms with Gasteiger partial charge in [0.25, 0.3) is 0 Å². The molecule has 33 heavy (non-hydrogen) atoms. The molecular weight excluding hydrogens is 424 g/mol. The highest BCUT2D eigenvalue weighted by atomic mass is 16.6. The maximum absolute atomic E-state index is 12.3. The summed E-state index contributed by atoms with van der Waals surface area (Å²) in [6.45, 7) is 8.37. The minimum Gasteiger partial charge on any atom is -0.450 e. The first-order chi connectivity index (χ1) is 16.1. The highest BCUT2D eigenvalue weighted by Crippen LogP contribution is 2.30. The van der Waals surface area contributed by atoms with Crippen LogP contribution in [0.2, 0.25) is 0 Å². The van der Waals surface area contributed by atoms with Crippen LogP contribution in [0.5, 0.6) is 0 Å². The van der Waals surface area contributed by atoms with Gasteiger partial charge in [-0.1, -0.05) is 0 Å². The molecule has 2 aliphatic rings. The number of hydrogen-bond donors (Lipinski definition) is 2. The van der Waals surface area contributed by atoms with Crippen molar-refractivity contribution in [2.24, 2.45) is 0 Å². The van der Waals surface area contributed by atoms with Crippen LogP contribution in [0.4, 0.5) is 21.1 Å². The van der Waals surface area contributed by atoms with E-state index >= 15 is 0 Å². The molecule has 176 valence electrons. The number of anilines is 2. The zero-order valence-electron chi connectivity index (χ0n) is 19.1. The summed E-state index contributed by atoms with van der Waals surface area (Å²) in [7, 11) is 0. The molecule has 1 fully saturated rings.